The zero-order chi connectivity index (χ0) is 22.8. The van der Waals surface area contributed by atoms with Gasteiger partial charge in [0.2, 0.25) is 0 Å². The van der Waals surface area contributed by atoms with Crippen LogP contribution in [0.2, 0.25) is 0 Å². The van der Waals surface area contributed by atoms with Gasteiger partial charge in [-0.2, -0.15) is 5.26 Å². The average molecular weight is 432 g/mol. The summed E-state index contributed by atoms with van der Waals surface area (Å²) in [6.45, 7) is 4.43. The van der Waals surface area contributed by atoms with E-state index >= 15 is 0 Å². The van der Waals surface area contributed by atoms with Gasteiger partial charge in [0, 0.05) is 38.9 Å². The van der Waals surface area contributed by atoms with Gasteiger partial charge in [-0.25, -0.2) is 0 Å². The number of hydrogen-bond donors (Lipinski definition) is 1. The Morgan fingerprint density at radius 3 is 2.09 bits per heavy atom. The fraction of sp³-hybridized carbons (Fsp3) is 0.385. The molecule has 2 aromatic rings. The highest BCUT2D eigenvalue weighted by Gasteiger charge is 2.29. The molecule has 2 aromatic carbocycles. The molecule has 6 nitrogen and oxygen atoms in total. The maximum absolute atomic E-state index is 12.9. The molecule has 1 amide bonds. The summed E-state index contributed by atoms with van der Waals surface area (Å²) in [7, 11) is 4.06. The van der Waals surface area contributed by atoms with Crippen molar-refractivity contribution in [1.29, 1.82) is 5.26 Å². The molecule has 0 radical (unpaired) electrons. The largest absolute Gasteiger partial charge is 0.390 e. The lowest BCUT2D eigenvalue weighted by Gasteiger charge is -2.39. The molecule has 32 heavy (non-hydrogen) atoms. The van der Waals surface area contributed by atoms with Gasteiger partial charge in [0.25, 0.3) is 5.91 Å². The fourth-order valence-electron chi connectivity index (χ4n) is 4.05. The molecule has 0 atom stereocenters. The van der Waals surface area contributed by atoms with Crippen LogP contribution in [0.4, 0.5) is 0 Å². The first-order valence-corrected chi connectivity index (χ1v) is 11.2. The summed E-state index contributed by atoms with van der Waals surface area (Å²) in [4.78, 5) is 19.2. The Hall–Kier alpha value is -3.14. The monoisotopic (exact) mass is 431 g/mol. The molecule has 1 aliphatic heterocycles. The lowest BCUT2D eigenvalue weighted by molar-refractivity contribution is -0.128. The number of nitrogens with one attached hydrogen (secondary N) is 1. The van der Waals surface area contributed by atoms with E-state index in [1.807, 2.05) is 26.2 Å². The van der Waals surface area contributed by atoms with Gasteiger partial charge < -0.3 is 15.1 Å². The number of amides is 1. The van der Waals surface area contributed by atoms with Gasteiger partial charge in [-0.1, -0.05) is 60.7 Å². The second kappa shape index (κ2) is 12.0. The third-order valence-electron chi connectivity index (χ3n) is 5.72. The summed E-state index contributed by atoms with van der Waals surface area (Å²) < 4.78 is 0. The number of benzene rings is 2. The molecular formula is C26H33N5O. The zero-order valence-corrected chi connectivity index (χ0v) is 19.1. The van der Waals surface area contributed by atoms with Crippen LogP contribution in [0.5, 0.6) is 0 Å². The van der Waals surface area contributed by atoms with E-state index in [0.717, 1.165) is 32.6 Å². The minimum absolute atomic E-state index is 0.152. The third kappa shape index (κ3) is 6.43. The third-order valence-corrected chi connectivity index (χ3v) is 5.72. The predicted octanol–water partition coefficient (Wildman–Crippen LogP) is 2.87. The smallest absolute Gasteiger partial charge is 0.266 e. The maximum atomic E-state index is 12.9. The van der Waals surface area contributed by atoms with E-state index in [4.69, 9.17) is 0 Å². The molecule has 0 spiro atoms. The number of carbonyl (C=O) groups is 1. The molecule has 1 fully saturated rings. The number of nitrogens with zero attached hydrogens (tertiary/aromatic N) is 4. The van der Waals surface area contributed by atoms with Crippen molar-refractivity contribution in [3.05, 3.63) is 83.6 Å². The van der Waals surface area contributed by atoms with Crippen molar-refractivity contribution in [3.8, 4) is 6.07 Å². The molecule has 1 heterocycles. The van der Waals surface area contributed by atoms with Crippen LogP contribution in [0.15, 0.2) is 72.4 Å². The van der Waals surface area contributed by atoms with Crippen LogP contribution in [0.1, 0.15) is 23.6 Å². The fourth-order valence-corrected chi connectivity index (χ4v) is 4.05. The number of piperazine rings is 1. The van der Waals surface area contributed by atoms with Crippen molar-refractivity contribution in [2.45, 2.75) is 12.5 Å². The molecular weight excluding hydrogens is 398 g/mol. The van der Waals surface area contributed by atoms with Crippen LogP contribution in [0, 0.1) is 11.3 Å². The highest BCUT2D eigenvalue weighted by molar-refractivity contribution is 5.97. The van der Waals surface area contributed by atoms with Gasteiger partial charge in [-0.15, -0.1) is 0 Å². The SMILES string of the molecule is CN(C)CCCN/C=C(/C#N)C(=O)N1CCN(C(c2ccccc2)c2ccccc2)CC1. The molecule has 1 N–H and O–H groups in total. The van der Waals surface area contributed by atoms with Crippen LogP contribution >= 0.6 is 0 Å². The van der Waals surface area contributed by atoms with Crippen LogP contribution in [-0.2, 0) is 4.79 Å². The Balaban J connectivity index is 1.62. The highest BCUT2D eigenvalue weighted by Crippen LogP contribution is 2.29. The van der Waals surface area contributed by atoms with Crippen LogP contribution in [0.3, 0.4) is 0 Å². The Kier molecular flexibility index (Phi) is 8.85. The van der Waals surface area contributed by atoms with E-state index in [9.17, 15) is 10.1 Å². The summed E-state index contributed by atoms with van der Waals surface area (Å²) in [5.74, 6) is -0.191. The van der Waals surface area contributed by atoms with E-state index in [1.54, 1.807) is 11.1 Å². The quantitative estimate of drug-likeness (QED) is 0.376. The summed E-state index contributed by atoms with van der Waals surface area (Å²) in [6.07, 6.45) is 2.52. The normalized spacial score (nSPS) is 15.1. The minimum Gasteiger partial charge on any atom is -0.390 e. The number of hydrogen-bond acceptors (Lipinski definition) is 5. The van der Waals surface area contributed by atoms with Crippen molar-refractivity contribution in [3.63, 3.8) is 0 Å². The van der Waals surface area contributed by atoms with E-state index in [1.165, 1.54) is 11.1 Å². The first kappa shape index (κ1) is 23.5. The molecule has 1 aliphatic rings. The summed E-state index contributed by atoms with van der Waals surface area (Å²) in [6, 6.07) is 23.2. The molecule has 0 saturated carbocycles. The lowest BCUT2D eigenvalue weighted by atomic mass is 9.96. The van der Waals surface area contributed by atoms with Gasteiger partial charge in [-0.3, -0.25) is 9.69 Å². The van der Waals surface area contributed by atoms with Crippen LogP contribution in [0.25, 0.3) is 0 Å². The van der Waals surface area contributed by atoms with Crippen molar-refractivity contribution in [2.75, 3.05) is 53.4 Å². The molecule has 1 saturated heterocycles. The first-order chi connectivity index (χ1) is 15.6. The van der Waals surface area contributed by atoms with E-state index in [2.05, 4.69) is 69.7 Å². The van der Waals surface area contributed by atoms with E-state index in [0.29, 0.717) is 13.1 Å². The van der Waals surface area contributed by atoms with Crippen molar-refractivity contribution < 1.29 is 4.79 Å². The number of nitriles is 1. The number of carbonyl (C=O) groups excluding carboxylic acids is 1. The van der Waals surface area contributed by atoms with Crippen LogP contribution < -0.4 is 5.32 Å². The van der Waals surface area contributed by atoms with Crippen molar-refractivity contribution >= 4 is 5.91 Å². The van der Waals surface area contributed by atoms with Gasteiger partial charge in [0.15, 0.2) is 0 Å². The topological polar surface area (TPSA) is 62.6 Å². The maximum Gasteiger partial charge on any atom is 0.266 e. The highest BCUT2D eigenvalue weighted by atomic mass is 16.2. The lowest BCUT2D eigenvalue weighted by Crippen LogP contribution is -2.50. The van der Waals surface area contributed by atoms with E-state index < -0.39 is 0 Å². The Labute approximate surface area is 191 Å². The van der Waals surface area contributed by atoms with Gasteiger partial charge >= 0.3 is 0 Å². The molecule has 0 bridgehead atoms. The second-order valence-corrected chi connectivity index (χ2v) is 8.33. The minimum atomic E-state index is -0.191. The Bertz CT molecular complexity index is 873. The van der Waals surface area contributed by atoms with Gasteiger partial charge in [-0.05, 0) is 38.2 Å². The molecule has 0 aliphatic carbocycles. The second-order valence-electron chi connectivity index (χ2n) is 8.33. The van der Waals surface area contributed by atoms with Crippen LogP contribution in [-0.4, -0.2) is 74.0 Å². The summed E-state index contributed by atoms with van der Waals surface area (Å²) in [5.41, 5.74) is 2.67. The molecule has 0 aromatic heterocycles. The predicted molar refractivity (Wildman–Crippen MR) is 128 cm³/mol. The van der Waals surface area contributed by atoms with Gasteiger partial charge in [0.1, 0.15) is 11.6 Å². The average Bonchev–Trinajstić information content (AvgIpc) is 2.83. The summed E-state index contributed by atoms with van der Waals surface area (Å²) in [5, 5.41) is 12.6. The Morgan fingerprint density at radius 1 is 1.03 bits per heavy atom. The molecule has 0 unspecified atom stereocenters. The van der Waals surface area contributed by atoms with Crippen molar-refractivity contribution in [2.24, 2.45) is 0 Å². The molecule has 6 heteroatoms. The summed E-state index contributed by atoms with van der Waals surface area (Å²) >= 11 is 0. The molecule has 168 valence electrons. The number of rotatable bonds is 9. The van der Waals surface area contributed by atoms with E-state index in [-0.39, 0.29) is 17.5 Å². The first-order valence-electron chi connectivity index (χ1n) is 11.2. The zero-order valence-electron chi connectivity index (χ0n) is 19.1. The standard InChI is InChI=1S/C26H33N5O/c1-29(2)15-9-14-28-21-24(20-27)26(32)31-18-16-30(17-19-31)25(22-10-5-3-6-11-22)23-12-7-4-8-13-23/h3-8,10-13,21,25,28H,9,14-19H2,1-2H3/b24-21-. The molecule has 3 rings (SSSR count). The van der Waals surface area contributed by atoms with Crippen molar-refractivity contribution in [1.82, 2.24) is 20.0 Å². The Morgan fingerprint density at radius 2 is 1.59 bits per heavy atom. The van der Waals surface area contributed by atoms with Gasteiger partial charge in [0.05, 0.1) is 6.04 Å².